The first-order chi connectivity index (χ1) is 9.63. The number of aromatic nitrogens is 2. The fraction of sp³-hybridized carbons (Fsp3) is 0.733. The summed E-state index contributed by atoms with van der Waals surface area (Å²) in [4.78, 5) is 11.9. The Bertz CT molecular complexity index is 468. The van der Waals surface area contributed by atoms with Crippen LogP contribution >= 0.6 is 0 Å². The highest BCUT2D eigenvalue weighted by molar-refractivity contribution is 5.78. The lowest BCUT2D eigenvalue weighted by molar-refractivity contribution is -0.124. The van der Waals surface area contributed by atoms with E-state index in [1.54, 1.807) is 0 Å². The molecule has 1 aromatic rings. The van der Waals surface area contributed by atoms with E-state index in [2.05, 4.69) is 17.3 Å². The predicted octanol–water partition coefficient (Wildman–Crippen LogP) is 1.59. The topological polar surface area (TPSA) is 56.2 Å². The van der Waals surface area contributed by atoms with Gasteiger partial charge in [-0.25, -0.2) is 0 Å². The summed E-state index contributed by atoms with van der Waals surface area (Å²) in [6, 6.07) is 0. The summed E-state index contributed by atoms with van der Waals surface area (Å²) in [7, 11) is 1.98. The average Bonchev–Trinajstić information content (AvgIpc) is 2.76. The Kier molecular flexibility index (Phi) is 5.17. The van der Waals surface area contributed by atoms with E-state index in [4.69, 9.17) is 4.74 Å². The number of fused-ring (bicyclic) bond motifs is 1. The number of carbonyl (C=O) groups is 1. The highest BCUT2D eigenvalue weighted by Gasteiger charge is 2.19. The van der Waals surface area contributed by atoms with E-state index in [9.17, 15) is 4.79 Å². The lowest BCUT2D eigenvalue weighted by Gasteiger charge is -2.14. The summed E-state index contributed by atoms with van der Waals surface area (Å²) in [5.74, 6) is 0.244. The van der Waals surface area contributed by atoms with Gasteiger partial charge in [-0.3, -0.25) is 9.48 Å². The molecule has 1 N–H and O–H groups in total. The van der Waals surface area contributed by atoms with Crippen LogP contribution in [0.5, 0.6) is 0 Å². The molecule has 1 aliphatic rings. The number of ether oxygens (including phenoxy) is 1. The third-order valence-electron chi connectivity index (χ3n) is 3.92. The molecule has 1 amide bonds. The Morgan fingerprint density at radius 1 is 1.55 bits per heavy atom. The Labute approximate surface area is 120 Å². The van der Waals surface area contributed by atoms with Crippen LogP contribution in [0.25, 0.3) is 0 Å². The van der Waals surface area contributed by atoms with Crippen molar-refractivity contribution in [3.63, 3.8) is 0 Å². The molecule has 5 heteroatoms. The normalized spacial score (nSPS) is 15.8. The lowest BCUT2D eigenvalue weighted by Crippen LogP contribution is -2.31. The van der Waals surface area contributed by atoms with E-state index >= 15 is 0 Å². The Morgan fingerprint density at radius 3 is 3.10 bits per heavy atom. The summed E-state index contributed by atoms with van der Waals surface area (Å²) in [6.45, 7) is 6.16. The molecule has 1 unspecified atom stereocenters. The van der Waals surface area contributed by atoms with Crippen molar-refractivity contribution in [2.45, 2.75) is 46.1 Å². The van der Waals surface area contributed by atoms with Gasteiger partial charge in [-0.05, 0) is 6.42 Å². The van der Waals surface area contributed by atoms with Crippen LogP contribution in [0.3, 0.4) is 0 Å². The second kappa shape index (κ2) is 6.88. The molecule has 2 heterocycles. The van der Waals surface area contributed by atoms with Gasteiger partial charge in [0.25, 0.3) is 0 Å². The first-order valence-electron chi connectivity index (χ1n) is 7.52. The van der Waals surface area contributed by atoms with Crippen molar-refractivity contribution in [1.29, 1.82) is 0 Å². The molecule has 1 atom stereocenters. The molecule has 0 aliphatic carbocycles. The number of nitrogens with one attached hydrogen (secondary N) is 1. The average molecular weight is 279 g/mol. The van der Waals surface area contributed by atoms with E-state index < -0.39 is 0 Å². The van der Waals surface area contributed by atoms with E-state index in [1.165, 1.54) is 11.3 Å². The fourth-order valence-electron chi connectivity index (χ4n) is 2.73. The minimum absolute atomic E-state index is 0.0981. The maximum absolute atomic E-state index is 11.9. The number of hydrogen-bond acceptors (Lipinski definition) is 3. The third kappa shape index (κ3) is 3.39. The summed E-state index contributed by atoms with van der Waals surface area (Å²) >= 11 is 0. The maximum Gasteiger partial charge on any atom is 0.222 e. The highest BCUT2D eigenvalue weighted by Crippen LogP contribution is 2.20. The molecule has 0 fully saturated rings. The first kappa shape index (κ1) is 15.0. The van der Waals surface area contributed by atoms with E-state index in [0.717, 1.165) is 38.0 Å². The van der Waals surface area contributed by atoms with Crippen LogP contribution in [-0.4, -0.2) is 28.8 Å². The molecule has 1 aliphatic heterocycles. The molecule has 1 aromatic heterocycles. The van der Waals surface area contributed by atoms with Crippen LogP contribution in [0.2, 0.25) is 0 Å². The standard InChI is InChI=1S/C15H25N3O2/c1-4-5-11(2)15(19)16-8-6-13-12-10-20-9-7-14(12)18(3)17-13/h11H,4-10H2,1-3H3,(H,16,19). The van der Waals surface area contributed by atoms with Crippen molar-refractivity contribution in [1.82, 2.24) is 15.1 Å². The zero-order valence-electron chi connectivity index (χ0n) is 12.7. The summed E-state index contributed by atoms with van der Waals surface area (Å²) < 4.78 is 7.46. The van der Waals surface area contributed by atoms with Crippen molar-refractivity contribution in [2.75, 3.05) is 13.2 Å². The summed E-state index contributed by atoms with van der Waals surface area (Å²) in [5, 5.41) is 7.56. The zero-order chi connectivity index (χ0) is 14.5. The highest BCUT2D eigenvalue weighted by atomic mass is 16.5. The van der Waals surface area contributed by atoms with Crippen LogP contribution < -0.4 is 5.32 Å². The van der Waals surface area contributed by atoms with Crippen LogP contribution in [0, 0.1) is 5.92 Å². The molecule has 0 aromatic carbocycles. The Hall–Kier alpha value is -1.36. The lowest BCUT2D eigenvalue weighted by atomic mass is 10.1. The minimum Gasteiger partial charge on any atom is -0.376 e. The van der Waals surface area contributed by atoms with Crippen molar-refractivity contribution < 1.29 is 9.53 Å². The number of amides is 1. The molecule has 5 nitrogen and oxygen atoms in total. The van der Waals surface area contributed by atoms with Gasteiger partial charge in [0.1, 0.15) is 0 Å². The van der Waals surface area contributed by atoms with Gasteiger partial charge in [0.2, 0.25) is 5.91 Å². The molecule has 0 bridgehead atoms. The van der Waals surface area contributed by atoms with Crippen molar-refractivity contribution >= 4 is 5.91 Å². The van der Waals surface area contributed by atoms with Crippen LogP contribution in [0.1, 0.15) is 43.6 Å². The van der Waals surface area contributed by atoms with Gasteiger partial charge in [0.05, 0.1) is 18.9 Å². The maximum atomic E-state index is 11.9. The second-order valence-electron chi connectivity index (χ2n) is 5.53. The van der Waals surface area contributed by atoms with Crippen molar-refractivity contribution in [3.8, 4) is 0 Å². The van der Waals surface area contributed by atoms with Crippen LogP contribution in [0.4, 0.5) is 0 Å². The molecule has 0 spiro atoms. The van der Waals surface area contributed by atoms with Gasteiger partial charge in [-0.2, -0.15) is 5.10 Å². The van der Waals surface area contributed by atoms with Gasteiger partial charge in [-0.1, -0.05) is 20.3 Å². The third-order valence-corrected chi connectivity index (χ3v) is 3.92. The summed E-state index contributed by atoms with van der Waals surface area (Å²) in [6.07, 6.45) is 3.69. The van der Waals surface area contributed by atoms with E-state index in [0.29, 0.717) is 13.2 Å². The van der Waals surface area contributed by atoms with Crippen molar-refractivity contribution in [3.05, 3.63) is 17.0 Å². The fourth-order valence-corrected chi connectivity index (χ4v) is 2.73. The monoisotopic (exact) mass is 279 g/mol. The molecule has 0 saturated carbocycles. The zero-order valence-corrected chi connectivity index (χ0v) is 12.7. The number of nitrogens with zero attached hydrogens (tertiary/aromatic N) is 2. The number of rotatable bonds is 6. The van der Waals surface area contributed by atoms with Gasteiger partial charge < -0.3 is 10.1 Å². The van der Waals surface area contributed by atoms with Gasteiger partial charge in [-0.15, -0.1) is 0 Å². The molecule has 2 rings (SSSR count). The summed E-state index contributed by atoms with van der Waals surface area (Å²) in [5.41, 5.74) is 3.55. The van der Waals surface area contributed by atoms with Gasteiger partial charge in [0, 0.05) is 43.6 Å². The van der Waals surface area contributed by atoms with E-state index in [-0.39, 0.29) is 11.8 Å². The molecule has 112 valence electrons. The van der Waals surface area contributed by atoms with Gasteiger partial charge >= 0.3 is 0 Å². The SMILES string of the molecule is CCCC(C)C(=O)NCCc1nn(C)c2c1COCC2. The second-order valence-corrected chi connectivity index (χ2v) is 5.53. The van der Waals surface area contributed by atoms with Crippen LogP contribution in [-0.2, 0) is 36.0 Å². The number of hydrogen-bond donors (Lipinski definition) is 1. The molecule has 0 radical (unpaired) electrons. The predicted molar refractivity (Wildman–Crippen MR) is 77.4 cm³/mol. The molecular weight excluding hydrogens is 254 g/mol. The van der Waals surface area contributed by atoms with Crippen molar-refractivity contribution in [2.24, 2.45) is 13.0 Å². The smallest absolute Gasteiger partial charge is 0.222 e. The largest absolute Gasteiger partial charge is 0.376 e. The van der Waals surface area contributed by atoms with Gasteiger partial charge in [0.15, 0.2) is 0 Å². The molecule has 0 saturated heterocycles. The quantitative estimate of drug-likeness (QED) is 0.860. The molecular formula is C15H25N3O2. The molecule has 20 heavy (non-hydrogen) atoms. The van der Waals surface area contributed by atoms with E-state index in [1.807, 2.05) is 18.7 Å². The number of aryl methyl sites for hydroxylation is 1. The minimum atomic E-state index is 0.0981. The van der Waals surface area contributed by atoms with Crippen LogP contribution in [0.15, 0.2) is 0 Å². The first-order valence-corrected chi connectivity index (χ1v) is 7.52. The number of carbonyl (C=O) groups excluding carboxylic acids is 1. The Balaban J connectivity index is 1.87. The Morgan fingerprint density at radius 2 is 2.35 bits per heavy atom.